The molecule has 8 nitrogen and oxygen atoms in total. The third kappa shape index (κ3) is 3.37. The summed E-state index contributed by atoms with van der Waals surface area (Å²) in [5.74, 6) is 0.595. The van der Waals surface area contributed by atoms with E-state index in [1.165, 1.54) is 26.2 Å². The van der Waals surface area contributed by atoms with Crippen molar-refractivity contribution < 1.29 is 13.2 Å². The lowest BCUT2D eigenvalue weighted by Crippen LogP contribution is -2.49. The normalized spacial score (nSPS) is 18.3. The van der Waals surface area contributed by atoms with Crippen molar-refractivity contribution in [3.63, 3.8) is 0 Å². The number of aromatic nitrogens is 2. The predicted octanol–water partition coefficient (Wildman–Crippen LogP) is 0.457. The van der Waals surface area contributed by atoms with E-state index in [-0.39, 0.29) is 16.8 Å². The number of carbonyl (C=O) groups is 1. The number of hydrogen-bond donors (Lipinski definition) is 1. The summed E-state index contributed by atoms with van der Waals surface area (Å²) in [6, 6.07) is 5.98. The van der Waals surface area contributed by atoms with Crippen LogP contribution in [0.5, 0.6) is 0 Å². The molecule has 2 aromatic rings. The van der Waals surface area contributed by atoms with Crippen LogP contribution in [-0.4, -0.2) is 66.8 Å². The second-order valence-electron chi connectivity index (χ2n) is 6.43. The van der Waals surface area contributed by atoms with Crippen LogP contribution in [0.15, 0.2) is 41.6 Å². The van der Waals surface area contributed by atoms with Crippen LogP contribution in [0.25, 0.3) is 0 Å². The monoisotopic (exact) mass is 377 g/mol. The zero-order chi connectivity index (χ0) is 18.9. The minimum absolute atomic E-state index is 0.108. The number of carbonyl (C=O) groups excluding carboxylic acids is 1. The summed E-state index contributed by atoms with van der Waals surface area (Å²) in [6.07, 6.45) is 3.55. The van der Waals surface area contributed by atoms with Crippen LogP contribution in [0.1, 0.15) is 22.2 Å². The fourth-order valence-electron chi connectivity index (χ4n) is 3.04. The standard InChI is InChI=1S/C17H23N5O3S/c1-20(2)26(24,25)14-6-4-5-13(11-14)17(23)22-10-7-18-12-15(22)16-19-8-9-21(16)3/h4-6,8-9,11,15,18H,7,10,12H2,1-3H3. The highest BCUT2D eigenvalue weighted by molar-refractivity contribution is 7.89. The Bertz CT molecular complexity index is 907. The van der Waals surface area contributed by atoms with Gasteiger partial charge in [0.15, 0.2) is 0 Å². The molecule has 9 heteroatoms. The third-order valence-electron chi connectivity index (χ3n) is 4.52. The Morgan fingerprint density at radius 3 is 2.77 bits per heavy atom. The SMILES string of the molecule is CN(C)S(=O)(=O)c1cccc(C(=O)N2CCNCC2c2nccn2C)c1. The van der Waals surface area contributed by atoms with Gasteiger partial charge >= 0.3 is 0 Å². The summed E-state index contributed by atoms with van der Waals surface area (Å²) in [5.41, 5.74) is 0.356. The number of piperazine rings is 1. The number of nitrogens with zero attached hydrogens (tertiary/aromatic N) is 4. The highest BCUT2D eigenvalue weighted by Gasteiger charge is 2.31. The van der Waals surface area contributed by atoms with Gasteiger partial charge in [-0.05, 0) is 18.2 Å². The molecule has 1 saturated heterocycles. The van der Waals surface area contributed by atoms with Gasteiger partial charge < -0.3 is 14.8 Å². The van der Waals surface area contributed by atoms with Crippen molar-refractivity contribution in [2.45, 2.75) is 10.9 Å². The highest BCUT2D eigenvalue weighted by Crippen LogP contribution is 2.24. The van der Waals surface area contributed by atoms with Crippen molar-refractivity contribution in [3.8, 4) is 0 Å². The molecule has 1 atom stereocenters. The number of imidazole rings is 1. The number of sulfonamides is 1. The van der Waals surface area contributed by atoms with Crippen LogP contribution in [0.2, 0.25) is 0 Å². The predicted molar refractivity (Wildman–Crippen MR) is 97.2 cm³/mol. The molecule has 1 aliphatic rings. The minimum atomic E-state index is -3.59. The van der Waals surface area contributed by atoms with Crippen LogP contribution >= 0.6 is 0 Å². The molecule has 1 aliphatic heterocycles. The summed E-state index contributed by atoms with van der Waals surface area (Å²) >= 11 is 0. The number of benzene rings is 1. The van der Waals surface area contributed by atoms with Gasteiger partial charge in [-0.2, -0.15) is 0 Å². The molecule has 3 rings (SSSR count). The molecular formula is C17H23N5O3S. The van der Waals surface area contributed by atoms with E-state index in [0.717, 1.165) is 10.1 Å². The van der Waals surface area contributed by atoms with Gasteiger partial charge in [0.1, 0.15) is 11.9 Å². The summed E-state index contributed by atoms with van der Waals surface area (Å²) in [5, 5.41) is 3.29. The Labute approximate surface area is 153 Å². The van der Waals surface area contributed by atoms with Gasteiger partial charge in [0.05, 0.1) is 4.90 Å². The summed E-state index contributed by atoms with van der Waals surface area (Å²) in [4.78, 5) is 19.3. The molecule has 26 heavy (non-hydrogen) atoms. The number of hydrogen-bond acceptors (Lipinski definition) is 5. The Kier molecular flexibility index (Phi) is 5.12. The lowest BCUT2D eigenvalue weighted by atomic mass is 10.1. The molecular weight excluding hydrogens is 354 g/mol. The van der Waals surface area contributed by atoms with Gasteiger partial charge in [-0.15, -0.1) is 0 Å². The van der Waals surface area contributed by atoms with Crippen molar-refractivity contribution >= 4 is 15.9 Å². The first-order valence-electron chi connectivity index (χ1n) is 8.34. The van der Waals surface area contributed by atoms with Crippen LogP contribution in [-0.2, 0) is 17.1 Å². The first-order valence-corrected chi connectivity index (χ1v) is 9.78. The molecule has 1 amide bonds. The Morgan fingerprint density at radius 1 is 1.35 bits per heavy atom. The Hall–Kier alpha value is -2.23. The van der Waals surface area contributed by atoms with Gasteiger partial charge in [0.2, 0.25) is 10.0 Å². The molecule has 1 N–H and O–H groups in total. The number of nitrogens with one attached hydrogen (secondary N) is 1. The van der Waals surface area contributed by atoms with Gasteiger partial charge in [-0.3, -0.25) is 4.79 Å². The second kappa shape index (κ2) is 7.18. The average molecular weight is 377 g/mol. The maximum atomic E-state index is 13.1. The Morgan fingerprint density at radius 2 is 2.12 bits per heavy atom. The molecule has 1 unspecified atom stereocenters. The van der Waals surface area contributed by atoms with Crippen LogP contribution in [0.4, 0.5) is 0 Å². The average Bonchev–Trinajstić information content (AvgIpc) is 3.07. The van der Waals surface area contributed by atoms with Gasteiger partial charge in [0, 0.05) is 58.7 Å². The van der Waals surface area contributed by atoms with Gasteiger partial charge in [0.25, 0.3) is 5.91 Å². The van der Waals surface area contributed by atoms with Gasteiger partial charge in [-0.1, -0.05) is 6.07 Å². The smallest absolute Gasteiger partial charge is 0.254 e. The number of amides is 1. The van der Waals surface area contributed by atoms with E-state index in [9.17, 15) is 13.2 Å². The summed E-state index contributed by atoms with van der Waals surface area (Å²) in [7, 11) is 1.24. The first-order chi connectivity index (χ1) is 12.3. The number of aryl methyl sites for hydroxylation is 1. The van der Waals surface area contributed by atoms with E-state index in [1.54, 1.807) is 23.2 Å². The lowest BCUT2D eigenvalue weighted by molar-refractivity contribution is 0.0620. The minimum Gasteiger partial charge on any atom is -0.336 e. The molecule has 140 valence electrons. The lowest BCUT2D eigenvalue weighted by Gasteiger charge is -2.35. The van der Waals surface area contributed by atoms with E-state index in [0.29, 0.717) is 25.2 Å². The van der Waals surface area contributed by atoms with E-state index >= 15 is 0 Å². The molecule has 1 aromatic heterocycles. The van der Waals surface area contributed by atoms with E-state index in [2.05, 4.69) is 10.3 Å². The Balaban J connectivity index is 1.94. The summed E-state index contributed by atoms with van der Waals surface area (Å²) in [6.45, 7) is 1.82. The maximum Gasteiger partial charge on any atom is 0.254 e. The zero-order valence-electron chi connectivity index (χ0n) is 15.1. The topological polar surface area (TPSA) is 87.5 Å². The molecule has 1 aromatic carbocycles. The molecule has 0 saturated carbocycles. The third-order valence-corrected chi connectivity index (χ3v) is 6.33. The van der Waals surface area contributed by atoms with Crippen molar-refractivity contribution in [1.29, 1.82) is 0 Å². The van der Waals surface area contributed by atoms with Crippen LogP contribution < -0.4 is 5.32 Å². The van der Waals surface area contributed by atoms with E-state index in [4.69, 9.17) is 0 Å². The second-order valence-corrected chi connectivity index (χ2v) is 8.58. The zero-order valence-corrected chi connectivity index (χ0v) is 15.9. The van der Waals surface area contributed by atoms with E-state index in [1.807, 2.05) is 17.8 Å². The fraction of sp³-hybridized carbons (Fsp3) is 0.412. The number of rotatable bonds is 4. The largest absolute Gasteiger partial charge is 0.336 e. The van der Waals surface area contributed by atoms with Crippen molar-refractivity contribution in [1.82, 2.24) is 24.1 Å². The quantitative estimate of drug-likeness (QED) is 0.836. The molecule has 0 spiro atoms. The summed E-state index contributed by atoms with van der Waals surface area (Å²) < 4.78 is 27.7. The van der Waals surface area contributed by atoms with E-state index < -0.39 is 10.0 Å². The highest BCUT2D eigenvalue weighted by atomic mass is 32.2. The molecule has 0 aliphatic carbocycles. The maximum absolute atomic E-state index is 13.1. The molecule has 0 bridgehead atoms. The van der Waals surface area contributed by atoms with Crippen LogP contribution in [0, 0.1) is 0 Å². The van der Waals surface area contributed by atoms with Crippen molar-refractivity contribution in [2.75, 3.05) is 33.7 Å². The molecule has 1 fully saturated rings. The fourth-order valence-corrected chi connectivity index (χ4v) is 3.99. The molecule has 2 heterocycles. The van der Waals surface area contributed by atoms with Gasteiger partial charge in [-0.25, -0.2) is 17.7 Å². The van der Waals surface area contributed by atoms with Crippen LogP contribution in [0.3, 0.4) is 0 Å². The molecule has 0 radical (unpaired) electrons. The van der Waals surface area contributed by atoms with Crippen molar-refractivity contribution in [2.24, 2.45) is 7.05 Å². The van der Waals surface area contributed by atoms with Crippen molar-refractivity contribution in [3.05, 3.63) is 48.0 Å². The first kappa shape index (κ1) is 18.6.